The van der Waals surface area contributed by atoms with Gasteiger partial charge in [-0.15, -0.1) is 5.10 Å². The first-order valence-corrected chi connectivity index (χ1v) is 9.40. The van der Waals surface area contributed by atoms with Crippen molar-refractivity contribution in [3.05, 3.63) is 54.1 Å². The van der Waals surface area contributed by atoms with Gasteiger partial charge in [0.15, 0.2) is 5.82 Å². The summed E-state index contributed by atoms with van der Waals surface area (Å²) in [5, 5.41) is 13.7. The number of fused-ring (bicyclic) bond motifs is 1. The normalized spacial score (nSPS) is 12.8. The van der Waals surface area contributed by atoms with E-state index in [9.17, 15) is 14.0 Å². The van der Waals surface area contributed by atoms with E-state index in [4.69, 9.17) is 4.74 Å². The number of para-hydroxylation sites is 2. The molecule has 2 aromatic carbocycles. The van der Waals surface area contributed by atoms with Gasteiger partial charge in [0.05, 0.1) is 23.6 Å². The number of nitrogens with zero attached hydrogens (tertiary/aromatic N) is 5. The summed E-state index contributed by atoms with van der Waals surface area (Å²) in [6, 6.07) is 11.4. The van der Waals surface area contributed by atoms with Gasteiger partial charge in [0, 0.05) is 12.8 Å². The Kier molecular flexibility index (Phi) is 5.38. The number of ether oxygens (including phenoxy) is 1. The van der Waals surface area contributed by atoms with Crippen molar-refractivity contribution in [2.24, 2.45) is 0 Å². The number of rotatable bonds is 5. The van der Waals surface area contributed by atoms with Crippen LogP contribution in [0.1, 0.15) is 18.7 Å². The Balaban J connectivity index is 1.40. The molecule has 1 aromatic heterocycles. The van der Waals surface area contributed by atoms with Crippen LogP contribution >= 0.6 is 0 Å². The minimum Gasteiger partial charge on any atom is -0.490 e. The van der Waals surface area contributed by atoms with Gasteiger partial charge >= 0.3 is 0 Å². The molecule has 2 amide bonds. The van der Waals surface area contributed by atoms with Gasteiger partial charge in [0.2, 0.25) is 11.8 Å². The van der Waals surface area contributed by atoms with Crippen LogP contribution in [-0.4, -0.2) is 45.2 Å². The van der Waals surface area contributed by atoms with Gasteiger partial charge < -0.3 is 15.0 Å². The summed E-state index contributed by atoms with van der Waals surface area (Å²) in [5.41, 5.74) is 1.19. The molecule has 30 heavy (non-hydrogen) atoms. The molecule has 154 valence electrons. The molecule has 4 rings (SSSR count). The van der Waals surface area contributed by atoms with Crippen molar-refractivity contribution in [3.8, 4) is 11.4 Å². The highest BCUT2D eigenvalue weighted by Gasteiger charge is 2.23. The van der Waals surface area contributed by atoms with Gasteiger partial charge in [-0.2, -0.15) is 4.68 Å². The van der Waals surface area contributed by atoms with E-state index in [1.807, 2.05) is 12.1 Å². The average Bonchev–Trinajstić information content (AvgIpc) is 3.19. The van der Waals surface area contributed by atoms with Gasteiger partial charge in [-0.3, -0.25) is 9.59 Å². The second kappa shape index (κ2) is 8.27. The molecule has 10 heteroatoms. The van der Waals surface area contributed by atoms with Crippen molar-refractivity contribution in [2.45, 2.75) is 19.8 Å². The number of aryl methyl sites for hydroxylation is 1. The highest BCUT2D eigenvalue weighted by atomic mass is 19.1. The summed E-state index contributed by atoms with van der Waals surface area (Å²) in [4.78, 5) is 26.6. The number of hydrogen-bond acceptors (Lipinski definition) is 6. The van der Waals surface area contributed by atoms with E-state index >= 15 is 0 Å². The van der Waals surface area contributed by atoms with E-state index in [2.05, 4.69) is 20.8 Å². The first-order valence-electron chi connectivity index (χ1n) is 9.40. The zero-order valence-corrected chi connectivity index (χ0v) is 16.2. The van der Waals surface area contributed by atoms with Gasteiger partial charge in [0.25, 0.3) is 0 Å². The van der Waals surface area contributed by atoms with Gasteiger partial charge in [0.1, 0.15) is 18.2 Å². The van der Waals surface area contributed by atoms with E-state index in [0.717, 1.165) is 0 Å². The minimum absolute atomic E-state index is 0.00318. The lowest BCUT2D eigenvalue weighted by molar-refractivity contribution is -0.122. The second-order valence-corrected chi connectivity index (χ2v) is 6.71. The minimum atomic E-state index is -0.591. The van der Waals surface area contributed by atoms with Crippen molar-refractivity contribution in [3.63, 3.8) is 0 Å². The number of halogens is 1. The summed E-state index contributed by atoms with van der Waals surface area (Å²) in [7, 11) is 0. The largest absolute Gasteiger partial charge is 0.490 e. The van der Waals surface area contributed by atoms with Crippen molar-refractivity contribution in [1.29, 1.82) is 0 Å². The summed E-state index contributed by atoms with van der Waals surface area (Å²) >= 11 is 0. The highest BCUT2D eigenvalue weighted by molar-refractivity contribution is 5.99. The number of amides is 2. The number of aromatic nitrogens is 4. The van der Waals surface area contributed by atoms with Gasteiger partial charge in [-0.25, -0.2) is 4.39 Å². The van der Waals surface area contributed by atoms with Gasteiger partial charge in [-0.05, 0) is 47.7 Å². The van der Waals surface area contributed by atoms with Crippen molar-refractivity contribution >= 4 is 23.2 Å². The molecular weight excluding hydrogens is 391 g/mol. The Morgan fingerprint density at radius 3 is 2.83 bits per heavy atom. The van der Waals surface area contributed by atoms with Crippen LogP contribution in [0, 0.1) is 12.7 Å². The molecule has 9 nitrogen and oxygen atoms in total. The molecule has 0 bridgehead atoms. The van der Waals surface area contributed by atoms with Crippen molar-refractivity contribution in [1.82, 2.24) is 20.2 Å². The SMILES string of the molecule is Cc1nnnn1-c1ccc(F)c(NC(=O)CCC(=O)N2CCOc3ccccc32)c1. The van der Waals surface area contributed by atoms with E-state index in [0.29, 0.717) is 36.1 Å². The lowest BCUT2D eigenvalue weighted by atomic mass is 10.2. The number of benzene rings is 2. The fourth-order valence-corrected chi connectivity index (χ4v) is 3.21. The van der Waals surface area contributed by atoms with Crippen LogP contribution in [-0.2, 0) is 9.59 Å². The first kappa shape index (κ1) is 19.5. The van der Waals surface area contributed by atoms with Crippen LogP contribution in [0.25, 0.3) is 5.69 Å². The van der Waals surface area contributed by atoms with E-state index in [1.54, 1.807) is 24.0 Å². The van der Waals surface area contributed by atoms with Crippen LogP contribution in [0.4, 0.5) is 15.8 Å². The smallest absolute Gasteiger partial charge is 0.227 e. The Hall–Kier alpha value is -3.82. The number of hydrogen-bond donors (Lipinski definition) is 1. The van der Waals surface area contributed by atoms with Crippen LogP contribution < -0.4 is 15.0 Å². The maximum Gasteiger partial charge on any atom is 0.227 e. The highest BCUT2D eigenvalue weighted by Crippen LogP contribution is 2.31. The number of carbonyl (C=O) groups is 2. The average molecular weight is 410 g/mol. The third kappa shape index (κ3) is 3.97. The molecule has 0 unspecified atom stereocenters. The molecule has 1 N–H and O–H groups in total. The summed E-state index contributed by atoms with van der Waals surface area (Å²) in [6.07, 6.45) is -0.0838. The maximum atomic E-state index is 14.2. The topological polar surface area (TPSA) is 102 Å². The monoisotopic (exact) mass is 410 g/mol. The van der Waals surface area contributed by atoms with E-state index < -0.39 is 11.7 Å². The van der Waals surface area contributed by atoms with Crippen LogP contribution in [0.3, 0.4) is 0 Å². The predicted molar refractivity (Wildman–Crippen MR) is 106 cm³/mol. The zero-order valence-electron chi connectivity index (χ0n) is 16.2. The number of carbonyl (C=O) groups excluding carboxylic acids is 2. The molecule has 0 aliphatic carbocycles. The summed E-state index contributed by atoms with van der Waals surface area (Å²) in [5.74, 6) is -0.0892. The fourth-order valence-electron chi connectivity index (χ4n) is 3.21. The number of anilines is 2. The molecule has 3 aromatic rings. The fraction of sp³-hybridized carbons (Fsp3) is 0.250. The molecule has 2 heterocycles. The second-order valence-electron chi connectivity index (χ2n) is 6.71. The van der Waals surface area contributed by atoms with Crippen LogP contribution in [0.15, 0.2) is 42.5 Å². The lowest BCUT2D eigenvalue weighted by Crippen LogP contribution is -2.38. The molecule has 0 atom stereocenters. The predicted octanol–water partition coefficient (Wildman–Crippen LogP) is 2.25. The molecule has 0 radical (unpaired) electrons. The maximum absolute atomic E-state index is 14.2. The van der Waals surface area contributed by atoms with Crippen LogP contribution in [0.2, 0.25) is 0 Å². The van der Waals surface area contributed by atoms with Crippen molar-refractivity contribution in [2.75, 3.05) is 23.4 Å². The zero-order chi connectivity index (χ0) is 21.1. The van der Waals surface area contributed by atoms with Crippen LogP contribution in [0.5, 0.6) is 5.75 Å². The molecule has 1 aliphatic heterocycles. The standard InChI is InChI=1S/C20H19FN6O3/c1-13-23-24-25-27(13)14-6-7-15(21)16(12-14)22-19(28)8-9-20(29)26-10-11-30-18-5-3-2-4-17(18)26/h2-7,12H,8-11H2,1H3,(H,22,28). The number of nitrogens with one attached hydrogen (secondary N) is 1. The van der Waals surface area contributed by atoms with E-state index in [-0.39, 0.29) is 24.4 Å². The molecule has 0 spiro atoms. The summed E-state index contributed by atoms with van der Waals surface area (Å²) in [6.45, 7) is 2.51. The Labute approximate surface area is 171 Å². The Morgan fingerprint density at radius 1 is 1.20 bits per heavy atom. The third-order valence-corrected chi connectivity index (χ3v) is 4.69. The first-order chi connectivity index (χ1) is 14.5. The molecule has 0 fully saturated rings. The number of tetrazole rings is 1. The van der Waals surface area contributed by atoms with E-state index in [1.165, 1.54) is 22.9 Å². The summed E-state index contributed by atoms with van der Waals surface area (Å²) < 4.78 is 21.1. The Bertz CT molecular complexity index is 1100. The molecule has 1 aliphatic rings. The third-order valence-electron chi connectivity index (χ3n) is 4.69. The molecule has 0 saturated heterocycles. The lowest BCUT2D eigenvalue weighted by Gasteiger charge is -2.29. The Morgan fingerprint density at radius 2 is 2.03 bits per heavy atom. The quantitative estimate of drug-likeness (QED) is 0.692. The van der Waals surface area contributed by atoms with Crippen molar-refractivity contribution < 1.29 is 18.7 Å². The molecule has 0 saturated carbocycles. The van der Waals surface area contributed by atoms with Gasteiger partial charge in [-0.1, -0.05) is 12.1 Å². The molecular formula is C20H19FN6O3.